The van der Waals surface area contributed by atoms with E-state index in [0.717, 1.165) is 42.0 Å². The fourth-order valence-electron chi connectivity index (χ4n) is 2.74. The lowest BCUT2D eigenvalue weighted by molar-refractivity contribution is 0.191. The summed E-state index contributed by atoms with van der Waals surface area (Å²) in [7, 11) is -3.42. The van der Waals surface area contributed by atoms with Crippen LogP contribution in [-0.4, -0.2) is 39.5 Å². The molecule has 22 heavy (non-hydrogen) atoms. The highest BCUT2D eigenvalue weighted by molar-refractivity contribution is 9.10. The second-order valence-corrected chi connectivity index (χ2v) is 8.84. The Hall–Kier alpha value is -0.430. The third-order valence-corrected chi connectivity index (χ3v) is 6.36. The lowest BCUT2D eigenvalue weighted by Crippen LogP contribution is -2.35. The topological polar surface area (TPSA) is 49.4 Å². The van der Waals surface area contributed by atoms with Crippen molar-refractivity contribution in [2.45, 2.75) is 38.0 Å². The molecule has 1 N–H and O–H groups in total. The summed E-state index contributed by atoms with van der Waals surface area (Å²) in [5.41, 5.74) is 0.765. The third kappa shape index (κ3) is 5.05. The van der Waals surface area contributed by atoms with E-state index in [1.807, 2.05) is 19.1 Å². The van der Waals surface area contributed by atoms with Gasteiger partial charge in [0.05, 0.1) is 4.90 Å². The van der Waals surface area contributed by atoms with Gasteiger partial charge in [-0.2, -0.15) is 0 Å². The molecule has 1 saturated heterocycles. The molecule has 0 radical (unpaired) electrons. The summed E-state index contributed by atoms with van der Waals surface area (Å²) < 4.78 is 28.2. The van der Waals surface area contributed by atoms with Gasteiger partial charge in [-0.25, -0.2) is 13.1 Å². The Kier molecular flexibility index (Phi) is 6.44. The SMILES string of the molecule is Cc1ccc(Br)cc1S(=O)(=O)NCCCN1CCC(C)CC1. The second-order valence-electron chi connectivity index (χ2n) is 6.19. The highest BCUT2D eigenvalue weighted by Gasteiger charge is 2.18. The third-order valence-electron chi connectivity index (χ3n) is 4.26. The Labute approximate surface area is 142 Å². The van der Waals surface area contributed by atoms with Gasteiger partial charge >= 0.3 is 0 Å². The van der Waals surface area contributed by atoms with Crippen molar-refractivity contribution in [3.63, 3.8) is 0 Å². The van der Waals surface area contributed by atoms with Gasteiger partial charge < -0.3 is 4.90 Å². The van der Waals surface area contributed by atoms with Gasteiger partial charge in [0, 0.05) is 11.0 Å². The fourth-order valence-corrected chi connectivity index (χ4v) is 4.59. The van der Waals surface area contributed by atoms with E-state index < -0.39 is 10.0 Å². The number of sulfonamides is 1. The largest absolute Gasteiger partial charge is 0.303 e. The highest BCUT2D eigenvalue weighted by atomic mass is 79.9. The first-order chi connectivity index (χ1) is 10.4. The predicted octanol–water partition coefficient (Wildman–Crippen LogP) is 3.16. The van der Waals surface area contributed by atoms with Crippen LogP contribution in [0.2, 0.25) is 0 Å². The number of aryl methyl sites for hydroxylation is 1. The van der Waals surface area contributed by atoms with Crippen LogP contribution in [0.25, 0.3) is 0 Å². The predicted molar refractivity (Wildman–Crippen MR) is 93.5 cm³/mol. The maximum absolute atomic E-state index is 12.4. The molecule has 0 aliphatic carbocycles. The standard InChI is InChI=1S/C16H25BrN2O2S/c1-13-6-10-19(11-7-13)9-3-8-18-22(20,21)16-12-15(17)5-4-14(16)2/h4-5,12-13,18H,3,6-11H2,1-2H3. The zero-order valence-electron chi connectivity index (χ0n) is 13.3. The molecule has 0 atom stereocenters. The number of nitrogens with one attached hydrogen (secondary N) is 1. The lowest BCUT2D eigenvalue weighted by atomic mass is 9.99. The Morgan fingerprint density at radius 2 is 2.00 bits per heavy atom. The van der Waals surface area contributed by atoms with Crippen molar-refractivity contribution >= 4 is 26.0 Å². The molecule has 0 bridgehead atoms. The van der Waals surface area contributed by atoms with Crippen molar-refractivity contribution in [2.75, 3.05) is 26.2 Å². The Morgan fingerprint density at radius 1 is 1.32 bits per heavy atom. The van der Waals surface area contributed by atoms with Crippen molar-refractivity contribution in [2.24, 2.45) is 5.92 Å². The molecule has 1 aromatic rings. The minimum absolute atomic E-state index is 0.355. The van der Waals surface area contributed by atoms with Crippen molar-refractivity contribution in [1.29, 1.82) is 0 Å². The Morgan fingerprint density at radius 3 is 2.68 bits per heavy atom. The second kappa shape index (κ2) is 7.90. The minimum Gasteiger partial charge on any atom is -0.303 e. The average molecular weight is 389 g/mol. The van der Waals surface area contributed by atoms with Crippen molar-refractivity contribution in [3.8, 4) is 0 Å². The summed E-state index contributed by atoms with van der Waals surface area (Å²) in [5.74, 6) is 0.828. The van der Waals surface area contributed by atoms with E-state index in [0.29, 0.717) is 11.4 Å². The van der Waals surface area contributed by atoms with Crippen LogP contribution in [0, 0.1) is 12.8 Å². The van der Waals surface area contributed by atoms with Crippen molar-refractivity contribution in [3.05, 3.63) is 28.2 Å². The molecule has 124 valence electrons. The number of likely N-dealkylation sites (tertiary alicyclic amines) is 1. The number of benzene rings is 1. The van der Waals surface area contributed by atoms with Gasteiger partial charge in [-0.05, 0) is 69.4 Å². The van der Waals surface area contributed by atoms with Gasteiger partial charge in [-0.15, -0.1) is 0 Å². The molecule has 1 heterocycles. The summed E-state index contributed by atoms with van der Waals surface area (Å²) >= 11 is 3.33. The maximum atomic E-state index is 12.4. The van der Waals surface area contributed by atoms with Crippen LogP contribution in [-0.2, 0) is 10.0 Å². The highest BCUT2D eigenvalue weighted by Crippen LogP contribution is 2.20. The average Bonchev–Trinajstić information content (AvgIpc) is 2.48. The number of hydrogen-bond donors (Lipinski definition) is 1. The summed E-state index contributed by atoms with van der Waals surface area (Å²) in [6.07, 6.45) is 3.35. The zero-order valence-corrected chi connectivity index (χ0v) is 15.7. The molecular formula is C16H25BrN2O2S. The number of hydrogen-bond acceptors (Lipinski definition) is 3. The molecule has 1 fully saturated rings. The summed E-state index contributed by atoms with van der Waals surface area (Å²) in [4.78, 5) is 2.78. The maximum Gasteiger partial charge on any atom is 0.240 e. The quantitative estimate of drug-likeness (QED) is 0.761. The van der Waals surface area contributed by atoms with Gasteiger partial charge in [0.15, 0.2) is 0 Å². The van der Waals surface area contributed by atoms with E-state index in [9.17, 15) is 8.42 Å². The van der Waals surface area contributed by atoms with Crippen molar-refractivity contribution in [1.82, 2.24) is 9.62 Å². The smallest absolute Gasteiger partial charge is 0.240 e. The van der Waals surface area contributed by atoms with Crippen LogP contribution in [0.15, 0.2) is 27.6 Å². The van der Waals surface area contributed by atoms with Crippen LogP contribution in [0.4, 0.5) is 0 Å². The van der Waals surface area contributed by atoms with E-state index in [1.165, 1.54) is 12.8 Å². The molecule has 0 spiro atoms. The van der Waals surface area contributed by atoms with Gasteiger partial charge in [0.2, 0.25) is 10.0 Å². The minimum atomic E-state index is -3.42. The summed E-state index contributed by atoms with van der Waals surface area (Å²) in [6.45, 7) is 7.84. The molecule has 2 rings (SSSR count). The van der Waals surface area contributed by atoms with Crippen LogP contribution in [0.3, 0.4) is 0 Å². The Bertz CT molecular complexity index is 596. The number of rotatable bonds is 6. The van der Waals surface area contributed by atoms with E-state index >= 15 is 0 Å². The molecule has 1 aliphatic rings. The van der Waals surface area contributed by atoms with Crippen molar-refractivity contribution < 1.29 is 8.42 Å². The molecule has 0 saturated carbocycles. The molecule has 4 nitrogen and oxygen atoms in total. The van der Waals surface area contributed by atoms with E-state index in [4.69, 9.17) is 0 Å². The monoisotopic (exact) mass is 388 g/mol. The number of halogens is 1. The van der Waals surface area contributed by atoms with Crippen LogP contribution >= 0.6 is 15.9 Å². The first-order valence-electron chi connectivity index (χ1n) is 7.86. The lowest BCUT2D eigenvalue weighted by Gasteiger charge is -2.30. The number of nitrogens with zero attached hydrogens (tertiary/aromatic N) is 1. The van der Waals surface area contributed by atoms with E-state index in [2.05, 4.69) is 32.5 Å². The first-order valence-corrected chi connectivity index (χ1v) is 10.1. The van der Waals surface area contributed by atoms with Gasteiger partial charge in [-0.1, -0.05) is 28.9 Å². The van der Waals surface area contributed by atoms with Crippen LogP contribution in [0.1, 0.15) is 31.7 Å². The first kappa shape index (κ1) is 17.9. The van der Waals surface area contributed by atoms with Gasteiger partial charge in [0.1, 0.15) is 0 Å². The molecule has 0 aromatic heterocycles. The van der Waals surface area contributed by atoms with E-state index in [-0.39, 0.29) is 0 Å². The molecule has 0 amide bonds. The molecule has 1 aliphatic heterocycles. The molecule has 6 heteroatoms. The molecular weight excluding hydrogens is 364 g/mol. The summed E-state index contributed by atoms with van der Waals surface area (Å²) in [6, 6.07) is 5.32. The zero-order chi connectivity index (χ0) is 16.2. The summed E-state index contributed by atoms with van der Waals surface area (Å²) in [5, 5.41) is 0. The number of piperidine rings is 1. The van der Waals surface area contributed by atoms with Crippen LogP contribution < -0.4 is 4.72 Å². The normalized spacial score (nSPS) is 17.8. The molecule has 1 aromatic carbocycles. The van der Waals surface area contributed by atoms with E-state index in [1.54, 1.807) is 6.07 Å². The van der Waals surface area contributed by atoms with Gasteiger partial charge in [0.25, 0.3) is 0 Å². The fraction of sp³-hybridized carbons (Fsp3) is 0.625. The Balaban J connectivity index is 1.82. The van der Waals surface area contributed by atoms with Crippen LogP contribution in [0.5, 0.6) is 0 Å². The molecule has 0 unspecified atom stereocenters. The van der Waals surface area contributed by atoms with Gasteiger partial charge in [-0.3, -0.25) is 0 Å².